The predicted octanol–water partition coefficient (Wildman–Crippen LogP) is 2.92. The summed E-state index contributed by atoms with van der Waals surface area (Å²) in [6.07, 6.45) is 3.00. The highest BCUT2D eigenvalue weighted by Gasteiger charge is 2.37. The first-order valence-electron chi connectivity index (χ1n) is 6.86. The summed E-state index contributed by atoms with van der Waals surface area (Å²) in [5.74, 6) is -0.663. The van der Waals surface area contributed by atoms with E-state index in [0.717, 1.165) is 19.3 Å². The molecule has 1 fully saturated rings. The second kappa shape index (κ2) is 5.27. The SMILES string of the molecule is COC1(CNC(=O)c2sc3cccc(F)c3c2N)CCC1. The van der Waals surface area contributed by atoms with E-state index in [-0.39, 0.29) is 17.2 Å². The molecule has 3 rings (SSSR count). The van der Waals surface area contributed by atoms with Crippen molar-refractivity contribution in [2.45, 2.75) is 24.9 Å². The molecule has 1 aliphatic rings. The lowest BCUT2D eigenvalue weighted by Crippen LogP contribution is -2.49. The van der Waals surface area contributed by atoms with Crippen molar-refractivity contribution in [3.05, 3.63) is 28.9 Å². The van der Waals surface area contributed by atoms with Crippen LogP contribution in [0, 0.1) is 5.82 Å². The quantitative estimate of drug-likeness (QED) is 0.913. The summed E-state index contributed by atoms with van der Waals surface area (Å²) < 4.78 is 19.9. The third kappa shape index (κ3) is 2.38. The number of thiophene rings is 1. The van der Waals surface area contributed by atoms with Crippen LogP contribution in [0.4, 0.5) is 10.1 Å². The number of methoxy groups -OCH3 is 1. The number of fused-ring (bicyclic) bond motifs is 1. The van der Waals surface area contributed by atoms with Gasteiger partial charge in [0.05, 0.1) is 16.7 Å². The van der Waals surface area contributed by atoms with E-state index in [0.29, 0.717) is 21.5 Å². The maximum atomic E-state index is 13.8. The van der Waals surface area contributed by atoms with Gasteiger partial charge in [-0.2, -0.15) is 0 Å². The summed E-state index contributed by atoms with van der Waals surface area (Å²) in [4.78, 5) is 12.7. The maximum Gasteiger partial charge on any atom is 0.263 e. The Labute approximate surface area is 126 Å². The number of hydrogen-bond donors (Lipinski definition) is 2. The number of anilines is 1. The van der Waals surface area contributed by atoms with Crippen LogP contribution in [0.5, 0.6) is 0 Å². The zero-order chi connectivity index (χ0) is 15.0. The van der Waals surface area contributed by atoms with Crippen molar-refractivity contribution in [2.24, 2.45) is 0 Å². The number of benzene rings is 1. The van der Waals surface area contributed by atoms with E-state index in [9.17, 15) is 9.18 Å². The summed E-state index contributed by atoms with van der Waals surface area (Å²) in [5, 5.41) is 3.19. The Hall–Kier alpha value is -1.66. The molecule has 4 nitrogen and oxygen atoms in total. The first-order chi connectivity index (χ1) is 10.1. The van der Waals surface area contributed by atoms with E-state index in [1.54, 1.807) is 19.2 Å². The van der Waals surface area contributed by atoms with E-state index in [2.05, 4.69) is 5.32 Å². The molecule has 112 valence electrons. The largest absolute Gasteiger partial charge is 0.397 e. The molecule has 0 bridgehead atoms. The van der Waals surface area contributed by atoms with Crippen LogP contribution in [0.1, 0.15) is 28.9 Å². The topological polar surface area (TPSA) is 64.3 Å². The minimum absolute atomic E-state index is 0.214. The van der Waals surface area contributed by atoms with Crippen molar-refractivity contribution in [2.75, 3.05) is 19.4 Å². The van der Waals surface area contributed by atoms with Crippen molar-refractivity contribution >= 4 is 33.0 Å². The van der Waals surface area contributed by atoms with Gasteiger partial charge in [0.25, 0.3) is 5.91 Å². The van der Waals surface area contributed by atoms with Crippen molar-refractivity contribution in [1.82, 2.24) is 5.32 Å². The fourth-order valence-corrected chi connectivity index (χ4v) is 3.70. The van der Waals surface area contributed by atoms with E-state index >= 15 is 0 Å². The second-order valence-electron chi connectivity index (χ2n) is 5.38. The minimum Gasteiger partial charge on any atom is -0.397 e. The van der Waals surface area contributed by atoms with Crippen molar-refractivity contribution in [1.29, 1.82) is 0 Å². The first-order valence-corrected chi connectivity index (χ1v) is 7.68. The lowest BCUT2D eigenvalue weighted by Gasteiger charge is -2.40. The van der Waals surface area contributed by atoms with Gasteiger partial charge in [0.1, 0.15) is 10.7 Å². The number of nitrogen functional groups attached to an aromatic ring is 1. The van der Waals surface area contributed by atoms with Crippen LogP contribution in [0.3, 0.4) is 0 Å². The van der Waals surface area contributed by atoms with Gasteiger partial charge in [-0.15, -0.1) is 11.3 Å². The van der Waals surface area contributed by atoms with Crippen LogP contribution in [0.25, 0.3) is 10.1 Å². The highest BCUT2D eigenvalue weighted by molar-refractivity contribution is 7.21. The highest BCUT2D eigenvalue weighted by atomic mass is 32.1. The van der Waals surface area contributed by atoms with Crippen LogP contribution < -0.4 is 11.1 Å². The van der Waals surface area contributed by atoms with E-state index in [4.69, 9.17) is 10.5 Å². The van der Waals surface area contributed by atoms with Crippen LogP contribution in [0.2, 0.25) is 0 Å². The third-order valence-electron chi connectivity index (χ3n) is 4.18. The van der Waals surface area contributed by atoms with Crippen LogP contribution in [-0.2, 0) is 4.74 Å². The summed E-state index contributed by atoms with van der Waals surface area (Å²) in [6.45, 7) is 0.457. The average Bonchev–Trinajstić information content (AvgIpc) is 2.76. The molecule has 21 heavy (non-hydrogen) atoms. The lowest BCUT2D eigenvalue weighted by atomic mass is 9.80. The molecule has 0 atom stereocenters. The van der Waals surface area contributed by atoms with E-state index < -0.39 is 5.82 Å². The Morgan fingerprint density at radius 3 is 2.86 bits per heavy atom. The van der Waals surface area contributed by atoms with Gasteiger partial charge in [-0.3, -0.25) is 4.79 Å². The van der Waals surface area contributed by atoms with Crippen molar-refractivity contribution < 1.29 is 13.9 Å². The predicted molar refractivity (Wildman–Crippen MR) is 82.1 cm³/mol. The molecule has 0 spiro atoms. The Kier molecular flexibility index (Phi) is 3.59. The van der Waals surface area contributed by atoms with Gasteiger partial charge in [-0.25, -0.2) is 4.39 Å². The van der Waals surface area contributed by atoms with Crippen molar-refractivity contribution in [3.8, 4) is 0 Å². The molecule has 1 amide bonds. The number of nitrogens with one attached hydrogen (secondary N) is 1. The number of amides is 1. The number of carbonyl (C=O) groups is 1. The zero-order valence-corrected chi connectivity index (χ0v) is 12.6. The molecule has 1 aromatic heterocycles. The number of nitrogens with two attached hydrogens (primary N) is 1. The Bertz CT molecular complexity index is 689. The molecule has 6 heteroatoms. The monoisotopic (exact) mass is 308 g/mol. The van der Waals surface area contributed by atoms with Gasteiger partial charge >= 0.3 is 0 Å². The van der Waals surface area contributed by atoms with Gasteiger partial charge in [0.2, 0.25) is 0 Å². The molecule has 1 aliphatic carbocycles. The molecule has 0 radical (unpaired) electrons. The number of carbonyl (C=O) groups excluding carboxylic acids is 1. The molecular weight excluding hydrogens is 291 g/mol. The molecule has 1 heterocycles. The number of hydrogen-bond acceptors (Lipinski definition) is 4. The smallest absolute Gasteiger partial charge is 0.263 e. The van der Waals surface area contributed by atoms with Gasteiger partial charge in [-0.1, -0.05) is 6.07 Å². The highest BCUT2D eigenvalue weighted by Crippen LogP contribution is 2.36. The number of rotatable bonds is 4. The second-order valence-corrected chi connectivity index (χ2v) is 6.43. The number of halogens is 1. The average molecular weight is 308 g/mol. The molecule has 0 aliphatic heterocycles. The van der Waals surface area contributed by atoms with Crippen LogP contribution in [0.15, 0.2) is 18.2 Å². The van der Waals surface area contributed by atoms with Crippen LogP contribution >= 0.6 is 11.3 Å². The molecule has 1 saturated carbocycles. The van der Waals surface area contributed by atoms with Gasteiger partial charge < -0.3 is 15.8 Å². The molecular formula is C15H17FN2O2S. The summed E-state index contributed by atoms with van der Waals surface area (Å²) in [6, 6.07) is 4.73. The van der Waals surface area contributed by atoms with Gasteiger partial charge in [0.15, 0.2) is 0 Å². The van der Waals surface area contributed by atoms with E-state index in [1.807, 2.05) is 0 Å². The maximum absolute atomic E-state index is 13.8. The fraction of sp³-hybridized carbons (Fsp3) is 0.400. The number of ether oxygens (including phenoxy) is 1. The summed E-state index contributed by atoms with van der Waals surface area (Å²) in [7, 11) is 1.66. The third-order valence-corrected chi connectivity index (χ3v) is 5.35. The normalized spacial score (nSPS) is 16.7. The fourth-order valence-electron chi connectivity index (χ4n) is 2.64. The summed E-state index contributed by atoms with van der Waals surface area (Å²) >= 11 is 1.21. The van der Waals surface area contributed by atoms with Crippen LogP contribution in [-0.4, -0.2) is 25.2 Å². The Morgan fingerprint density at radius 2 is 2.29 bits per heavy atom. The van der Waals surface area contributed by atoms with Gasteiger partial charge in [0, 0.05) is 18.4 Å². The Morgan fingerprint density at radius 1 is 1.52 bits per heavy atom. The van der Waals surface area contributed by atoms with E-state index in [1.165, 1.54) is 17.4 Å². The molecule has 1 aromatic carbocycles. The van der Waals surface area contributed by atoms with Gasteiger partial charge in [-0.05, 0) is 31.4 Å². The molecule has 2 aromatic rings. The summed E-state index contributed by atoms with van der Waals surface area (Å²) in [5.41, 5.74) is 5.91. The standard InChI is InChI=1S/C15H17FN2O2S/c1-20-15(6-3-7-15)8-18-14(19)13-12(17)11-9(16)4-2-5-10(11)21-13/h2,4-5H,3,6-8,17H2,1H3,(H,18,19). The minimum atomic E-state index is -0.396. The molecule has 0 unspecified atom stereocenters. The Balaban J connectivity index is 1.82. The first kappa shape index (κ1) is 14.3. The molecule has 3 N–H and O–H groups in total. The molecule has 0 saturated heterocycles. The van der Waals surface area contributed by atoms with Crippen molar-refractivity contribution in [3.63, 3.8) is 0 Å². The zero-order valence-electron chi connectivity index (χ0n) is 11.7. The lowest BCUT2D eigenvalue weighted by molar-refractivity contribution is -0.0679.